The summed E-state index contributed by atoms with van der Waals surface area (Å²) < 4.78 is 0. The minimum absolute atomic E-state index is 0.0392. The van der Waals surface area contributed by atoms with Crippen molar-refractivity contribution in [2.24, 2.45) is 0 Å². The average molecular weight is 279 g/mol. The lowest BCUT2D eigenvalue weighted by Crippen LogP contribution is -2.27. The molecule has 0 aliphatic carbocycles. The van der Waals surface area contributed by atoms with Crippen LogP contribution < -0.4 is 5.32 Å². The summed E-state index contributed by atoms with van der Waals surface area (Å²) >= 11 is 0. The van der Waals surface area contributed by atoms with Gasteiger partial charge in [0.05, 0.1) is 17.5 Å². The van der Waals surface area contributed by atoms with Gasteiger partial charge in [0, 0.05) is 13.0 Å². The molecule has 0 saturated carbocycles. The number of carbonyl (C=O) groups is 1. The predicted octanol–water partition coefficient (Wildman–Crippen LogP) is 2.46. The largest absolute Gasteiger partial charge is 0.355 e. The summed E-state index contributed by atoms with van der Waals surface area (Å²) in [4.78, 5) is 19.6. The zero-order valence-corrected chi connectivity index (χ0v) is 11.7. The fourth-order valence-electron chi connectivity index (χ4n) is 2.29. The molecule has 2 aromatic carbocycles. The Bertz CT molecular complexity index is 701. The number of hydrogen-bond acceptors (Lipinski definition) is 2. The van der Waals surface area contributed by atoms with E-state index in [4.69, 9.17) is 0 Å². The fraction of sp³-hybridized carbons (Fsp3) is 0.176. The minimum atomic E-state index is 0.0392. The standard InChI is InChI=1S/C17H17N3O/c21-17(12-13-6-2-1-3-7-13)18-11-10-16-19-14-8-4-5-9-15(14)20-16/h1-9H,10-12H2,(H,18,21)(H,19,20). The third-order valence-corrected chi connectivity index (χ3v) is 3.33. The molecule has 0 spiro atoms. The number of benzene rings is 2. The molecule has 0 bridgehead atoms. The molecule has 4 nitrogen and oxygen atoms in total. The molecular weight excluding hydrogens is 262 g/mol. The van der Waals surface area contributed by atoms with Gasteiger partial charge in [0.15, 0.2) is 0 Å². The second-order valence-electron chi connectivity index (χ2n) is 4.96. The Morgan fingerprint density at radius 3 is 2.62 bits per heavy atom. The Morgan fingerprint density at radius 2 is 1.81 bits per heavy atom. The number of aromatic amines is 1. The molecule has 1 heterocycles. The maximum Gasteiger partial charge on any atom is 0.224 e. The zero-order chi connectivity index (χ0) is 14.5. The third kappa shape index (κ3) is 3.48. The number of nitrogens with one attached hydrogen (secondary N) is 2. The molecule has 0 aliphatic rings. The van der Waals surface area contributed by atoms with Gasteiger partial charge in [-0.25, -0.2) is 4.98 Å². The quantitative estimate of drug-likeness (QED) is 0.753. The molecule has 0 aliphatic heterocycles. The van der Waals surface area contributed by atoms with Gasteiger partial charge in [-0.3, -0.25) is 4.79 Å². The van der Waals surface area contributed by atoms with Crippen LogP contribution in [0.4, 0.5) is 0 Å². The lowest BCUT2D eigenvalue weighted by molar-refractivity contribution is -0.120. The van der Waals surface area contributed by atoms with Crippen molar-refractivity contribution in [1.29, 1.82) is 0 Å². The summed E-state index contributed by atoms with van der Waals surface area (Å²) in [7, 11) is 0. The first-order valence-corrected chi connectivity index (χ1v) is 7.05. The van der Waals surface area contributed by atoms with E-state index in [1.54, 1.807) is 0 Å². The molecule has 0 unspecified atom stereocenters. The summed E-state index contributed by atoms with van der Waals surface area (Å²) in [5, 5.41) is 2.93. The number of para-hydroxylation sites is 2. The summed E-state index contributed by atoms with van der Waals surface area (Å²) in [5.41, 5.74) is 3.02. The number of amides is 1. The van der Waals surface area contributed by atoms with Gasteiger partial charge in [0.2, 0.25) is 5.91 Å². The van der Waals surface area contributed by atoms with Crippen LogP contribution in [0.2, 0.25) is 0 Å². The monoisotopic (exact) mass is 279 g/mol. The van der Waals surface area contributed by atoms with Gasteiger partial charge in [-0.1, -0.05) is 42.5 Å². The van der Waals surface area contributed by atoms with E-state index in [2.05, 4.69) is 15.3 Å². The zero-order valence-electron chi connectivity index (χ0n) is 11.7. The first-order valence-electron chi connectivity index (χ1n) is 7.05. The van der Waals surface area contributed by atoms with E-state index in [1.807, 2.05) is 54.6 Å². The lowest BCUT2D eigenvalue weighted by atomic mass is 10.1. The molecule has 3 rings (SSSR count). The van der Waals surface area contributed by atoms with E-state index in [-0.39, 0.29) is 5.91 Å². The molecule has 4 heteroatoms. The first-order chi connectivity index (χ1) is 10.3. The van der Waals surface area contributed by atoms with Crippen molar-refractivity contribution in [1.82, 2.24) is 15.3 Å². The van der Waals surface area contributed by atoms with Gasteiger partial charge < -0.3 is 10.3 Å². The molecule has 1 aromatic heterocycles. The van der Waals surface area contributed by atoms with Crippen LogP contribution in [0.3, 0.4) is 0 Å². The highest BCUT2D eigenvalue weighted by atomic mass is 16.1. The van der Waals surface area contributed by atoms with Crippen LogP contribution in [0, 0.1) is 0 Å². The molecule has 2 N–H and O–H groups in total. The molecule has 21 heavy (non-hydrogen) atoms. The second kappa shape index (κ2) is 6.22. The van der Waals surface area contributed by atoms with E-state index in [0.29, 0.717) is 19.4 Å². The van der Waals surface area contributed by atoms with Crippen molar-refractivity contribution in [3.63, 3.8) is 0 Å². The predicted molar refractivity (Wildman–Crippen MR) is 83.0 cm³/mol. The Morgan fingerprint density at radius 1 is 1.05 bits per heavy atom. The Hall–Kier alpha value is -2.62. The van der Waals surface area contributed by atoms with Crippen molar-refractivity contribution >= 4 is 16.9 Å². The second-order valence-corrected chi connectivity index (χ2v) is 4.96. The maximum atomic E-state index is 11.8. The van der Waals surface area contributed by atoms with E-state index in [0.717, 1.165) is 22.4 Å². The fourth-order valence-corrected chi connectivity index (χ4v) is 2.29. The van der Waals surface area contributed by atoms with Crippen molar-refractivity contribution in [2.75, 3.05) is 6.54 Å². The Balaban J connectivity index is 1.50. The molecular formula is C17H17N3O. The van der Waals surface area contributed by atoms with Gasteiger partial charge in [0.25, 0.3) is 0 Å². The summed E-state index contributed by atoms with van der Waals surface area (Å²) in [6.45, 7) is 0.589. The minimum Gasteiger partial charge on any atom is -0.355 e. The van der Waals surface area contributed by atoms with E-state index < -0.39 is 0 Å². The Kier molecular flexibility index (Phi) is 3.96. The molecule has 0 atom stereocenters. The van der Waals surface area contributed by atoms with Crippen molar-refractivity contribution in [3.8, 4) is 0 Å². The van der Waals surface area contributed by atoms with Crippen molar-refractivity contribution in [2.45, 2.75) is 12.8 Å². The van der Waals surface area contributed by atoms with Crippen LogP contribution in [0.1, 0.15) is 11.4 Å². The number of carbonyl (C=O) groups excluding carboxylic acids is 1. The number of imidazole rings is 1. The number of fused-ring (bicyclic) bond motifs is 1. The van der Waals surface area contributed by atoms with Crippen molar-refractivity contribution in [3.05, 3.63) is 66.0 Å². The van der Waals surface area contributed by atoms with E-state index in [9.17, 15) is 4.79 Å². The molecule has 0 radical (unpaired) electrons. The number of hydrogen-bond donors (Lipinski definition) is 2. The maximum absolute atomic E-state index is 11.8. The smallest absolute Gasteiger partial charge is 0.224 e. The van der Waals surface area contributed by atoms with Crippen LogP contribution in [0.5, 0.6) is 0 Å². The van der Waals surface area contributed by atoms with E-state index in [1.165, 1.54) is 0 Å². The third-order valence-electron chi connectivity index (χ3n) is 3.33. The summed E-state index contributed by atoms with van der Waals surface area (Å²) in [5.74, 6) is 0.938. The molecule has 3 aromatic rings. The normalized spacial score (nSPS) is 10.7. The lowest BCUT2D eigenvalue weighted by Gasteiger charge is -2.04. The van der Waals surface area contributed by atoms with Gasteiger partial charge in [-0.2, -0.15) is 0 Å². The van der Waals surface area contributed by atoms with E-state index >= 15 is 0 Å². The van der Waals surface area contributed by atoms with Gasteiger partial charge in [-0.05, 0) is 17.7 Å². The summed E-state index contributed by atoms with van der Waals surface area (Å²) in [6, 6.07) is 17.7. The highest BCUT2D eigenvalue weighted by Gasteiger charge is 2.04. The highest BCUT2D eigenvalue weighted by molar-refractivity contribution is 5.78. The molecule has 1 amide bonds. The number of H-pyrrole nitrogens is 1. The van der Waals surface area contributed by atoms with Crippen molar-refractivity contribution < 1.29 is 4.79 Å². The first kappa shape index (κ1) is 13.4. The average Bonchev–Trinajstić information content (AvgIpc) is 2.91. The van der Waals surface area contributed by atoms with Crippen LogP contribution in [0.15, 0.2) is 54.6 Å². The van der Waals surface area contributed by atoms with Gasteiger partial charge in [0.1, 0.15) is 5.82 Å². The van der Waals surface area contributed by atoms with Gasteiger partial charge >= 0.3 is 0 Å². The SMILES string of the molecule is O=C(Cc1ccccc1)NCCc1nc2ccccc2[nH]1. The van der Waals surface area contributed by atoms with Gasteiger partial charge in [-0.15, -0.1) is 0 Å². The van der Waals surface area contributed by atoms with Crippen LogP contribution in [-0.4, -0.2) is 22.4 Å². The van der Waals surface area contributed by atoms with Crippen LogP contribution in [-0.2, 0) is 17.6 Å². The number of rotatable bonds is 5. The summed E-state index contributed by atoms with van der Waals surface area (Å²) in [6.07, 6.45) is 1.12. The molecule has 0 saturated heterocycles. The Labute approximate surface area is 123 Å². The number of aromatic nitrogens is 2. The number of nitrogens with zero attached hydrogens (tertiary/aromatic N) is 1. The van der Waals surface area contributed by atoms with Crippen LogP contribution >= 0.6 is 0 Å². The highest BCUT2D eigenvalue weighted by Crippen LogP contribution is 2.10. The topological polar surface area (TPSA) is 57.8 Å². The van der Waals surface area contributed by atoms with Crippen LogP contribution in [0.25, 0.3) is 11.0 Å². The molecule has 0 fully saturated rings. The molecule has 106 valence electrons.